The Balaban J connectivity index is 0.000000505. The lowest BCUT2D eigenvalue weighted by molar-refractivity contribution is -0.192. The number of hydrogen-bond donors (Lipinski definition) is 3. The van der Waals surface area contributed by atoms with Crippen molar-refractivity contribution < 1.29 is 41.0 Å². The van der Waals surface area contributed by atoms with Gasteiger partial charge in [0.25, 0.3) is 5.91 Å². The normalized spacial score (nSPS) is 14.7. The largest absolute Gasteiger partial charge is 0.490 e. The summed E-state index contributed by atoms with van der Waals surface area (Å²) < 4.78 is 74.8. The van der Waals surface area contributed by atoms with Crippen LogP contribution in [0, 0.1) is 0 Å². The van der Waals surface area contributed by atoms with Crippen molar-refractivity contribution in [2.75, 3.05) is 36.4 Å². The minimum absolute atomic E-state index is 0.0774. The lowest BCUT2D eigenvalue weighted by atomic mass is 10.1. The first-order chi connectivity index (χ1) is 17.5. The number of carboxylic acids is 1. The zero-order valence-electron chi connectivity index (χ0n) is 20.4. The zero-order chi connectivity index (χ0) is 28.5. The van der Waals surface area contributed by atoms with Gasteiger partial charge in [0.15, 0.2) is 11.3 Å². The van der Waals surface area contributed by atoms with E-state index in [1.54, 1.807) is 33.0 Å². The molecule has 0 bridgehead atoms. The standard InChI is InChI=1S/C19H23F3N8O.C2HF3O2/c1-18(2,3)30-11-13(15(27-30)19(20,21)22)25-17(31)12-10-24-29-7-4-14(26-16(12)29)28-8-5-23-6-9-28;3-2(4,5)1(6)7/h4,7,10-11,23H,5-6,8-9H2,1-3H3,(H,25,31);(H,6,7). The molecule has 17 heteroatoms. The summed E-state index contributed by atoms with van der Waals surface area (Å²) in [6.07, 6.45) is -5.64. The van der Waals surface area contributed by atoms with E-state index >= 15 is 0 Å². The topological polar surface area (TPSA) is 130 Å². The summed E-state index contributed by atoms with van der Waals surface area (Å²) in [7, 11) is 0. The van der Waals surface area contributed by atoms with E-state index < -0.39 is 41.1 Å². The first kappa shape index (κ1) is 28.7. The van der Waals surface area contributed by atoms with Crippen LogP contribution in [0.1, 0.15) is 36.8 Å². The molecular formula is C21H24F6N8O3. The molecule has 11 nitrogen and oxygen atoms in total. The van der Waals surface area contributed by atoms with Crippen molar-refractivity contribution in [3.8, 4) is 0 Å². The first-order valence-electron chi connectivity index (χ1n) is 11.1. The summed E-state index contributed by atoms with van der Waals surface area (Å²) >= 11 is 0. The van der Waals surface area contributed by atoms with E-state index in [0.717, 1.165) is 26.2 Å². The van der Waals surface area contributed by atoms with Gasteiger partial charge in [0.2, 0.25) is 0 Å². The molecule has 4 rings (SSSR count). The second-order valence-corrected chi connectivity index (χ2v) is 9.11. The van der Waals surface area contributed by atoms with E-state index in [9.17, 15) is 31.1 Å². The Labute approximate surface area is 211 Å². The molecule has 208 valence electrons. The lowest BCUT2D eigenvalue weighted by Gasteiger charge is -2.28. The summed E-state index contributed by atoms with van der Waals surface area (Å²) in [5, 5.41) is 20.5. The van der Waals surface area contributed by atoms with Crippen LogP contribution in [-0.2, 0) is 16.5 Å². The number of halogens is 6. The first-order valence-corrected chi connectivity index (χ1v) is 11.1. The summed E-state index contributed by atoms with van der Waals surface area (Å²) in [4.78, 5) is 28.4. The maximum atomic E-state index is 13.5. The number of piperazine rings is 1. The van der Waals surface area contributed by atoms with Crippen LogP contribution in [0.4, 0.5) is 37.8 Å². The molecule has 3 aromatic rings. The highest BCUT2D eigenvalue weighted by Gasteiger charge is 2.39. The molecule has 1 saturated heterocycles. The van der Waals surface area contributed by atoms with Gasteiger partial charge in [-0.2, -0.15) is 36.5 Å². The Morgan fingerprint density at radius 3 is 2.21 bits per heavy atom. The van der Waals surface area contributed by atoms with Crippen LogP contribution in [0.25, 0.3) is 5.65 Å². The van der Waals surface area contributed by atoms with Crippen molar-refractivity contribution in [1.82, 2.24) is 29.7 Å². The summed E-state index contributed by atoms with van der Waals surface area (Å²) in [6.45, 7) is 8.32. The Bertz CT molecular complexity index is 1300. The molecule has 1 aliphatic rings. The zero-order valence-corrected chi connectivity index (χ0v) is 20.4. The molecule has 0 aliphatic carbocycles. The maximum Gasteiger partial charge on any atom is 0.490 e. The number of amides is 1. The number of carboxylic acid groups (broad SMARTS) is 1. The molecule has 0 aromatic carbocycles. The highest BCUT2D eigenvalue weighted by molar-refractivity contribution is 6.08. The number of nitrogens with one attached hydrogen (secondary N) is 2. The molecule has 1 fully saturated rings. The second kappa shape index (κ2) is 10.5. The van der Waals surface area contributed by atoms with Crippen molar-refractivity contribution >= 4 is 29.0 Å². The van der Waals surface area contributed by atoms with E-state index in [2.05, 4.69) is 30.7 Å². The van der Waals surface area contributed by atoms with Gasteiger partial charge in [0, 0.05) is 38.6 Å². The number of alkyl halides is 6. The van der Waals surface area contributed by atoms with Gasteiger partial charge >= 0.3 is 18.3 Å². The minimum atomic E-state index is -5.08. The van der Waals surface area contributed by atoms with Gasteiger partial charge in [0.1, 0.15) is 11.4 Å². The Morgan fingerprint density at radius 1 is 1.08 bits per heavy atom. The number of carbonyl (C=O) groups is 2. The summed E-state index contributed by atoms with van der Waals surface area (Å²) in [5.41, 5.74) is -1.90. The van der Waals surface area contributed by atoms with E-state index in [4.69, 9.17) is 9.90 Å². The molecule has 0 unspecified atom stereocenters. The molecule has 38 heavy (non-hydrogen) atoms. The minimum Gasteiger partial charge on any atom is -0.475 e. The lowest BCUT2D eigenvalue weighted by Crippen LogP contribution is -2.43. The number of carbonyl (C=O) groups excluding carboxylic acids is 1. The number of nitrogens with zero attached hydrogens (tertiary/aromatic N) is 6. The Kier molecular flexibility index (Phi) is 7.90. The van der Waals surface area contributed by atoms with Gasteiger partial charge in [-0.15, -0.1) is 0 Å². The predicted octanol–water partition coefficient (Wildman–Crippen LogP) is 2.99. The number of rotatable bonds is 3. The number of fused-ring (bicyclic) bond motifs is 1. The van der Waals surface area contributed by atoms with Gasteiger partial charge in [-0.3, -0.25) is 9.48 Å². The van der Waals surface area contributed by atoms with Crippen LogP contribution < -0.4 is 15.5 Å². The van der Waals surface area contributed by atoms with Gasteiger partial charge in [-0.25, -0.2) is 14.3 Å². The average molecular weight is 550 g/mol. The van der Waals surface area contributed by atoms with Crippen molar-refractivity contribution in [3.63, 3.8) is 0 Å². The van der Waals surface area contributed by atoms with Gasteiger partial charge in [0.05, 0.1) is 17.4 Å². The molecule has 3 N–H and O–H groups in total. The molecule has 1 aliphatic heterocycles. The van der Waals surface area contributed by atoms with E-state index in [1.807, 2.05) is 0 Å². The number of aromatic nitrogens is 5. The van der Waals surface area contributed by atoms with Crippen LogP contribution in [0.3, 0.4) is 0 Å². The Morgan fingerprint density at radius 2 is 1.68 bits per heavy atom. The molecule has 4 heterocycles. The molecule has 0 saturated carbocycles. The third kappa shape index (κ3) is 6.70. The van der Waals surface area contributed by atoms with Crippen LogP contribution in [0.15, 0.2) is 24.7 Å². The fourth-order valence-electron chi connectivity index (χ4n) is 3.30. The number of hydrogen-bond acceptors (Lipinski definition) is 7. The predicted molar refractivity (Wildman–Crippen MR) is 122 cm³/mol. The quantitative estimate of drug-likeness (QED) is 0.425. The van der Waals surface area contributed by atoms with Gasteiger partial charge in [-0.1, -0.05) is 0 Å². The highest BCUT2D eigenvalue weighted by atomic mass is 19.4. The summed E-state index contributed by atoms with van der Waals surface area (Å²) in [6, 6.07) is 1.79. The third-order valence-corrected chi connectivity index (χ3v) is 5.20. The smallest absolute Gasteiger partial charge is 0.475 e. The summed E-state index contributed by atoms with van der Waals surface area (Å²) in [5.74, 6) is -2.81. The fraction of sp³-hybridized carbons (Fsp3) is 0.476. The monoisotopic (exact) mass is 550 g/mol. The van der Waals surface area contributed by atoms with Crippen molar-refractivity contribution in [2.45, 2.75) is 38.7 Å². The van der Waals surface area contributed by atoms with E-state index in [0.29, 0.717) is 5.82 Å². The van der Waals surface area contributed by atoms with Crippen LogP contribution in [-0.4, -0.2) is 73.7 Å². The van der Waals surface area contributed by atoms with Crippen molar-refractivity contribution in [3.05, 3.63) is 35.9 Å². The van der Waals surface area contributed by atoms with Crippen LogP contribution in [0.2, 0.25) is 0 Å². The fourth-order valence-corrected chi connectivity index (χ4v) is 3.30. The SMILES string of the molecule is CC(C)(C)n1cc(NC(=O)c2cnn3ccc(N4CCNCC4)nc23)c(C(F)(F)F)n1.O=C(O)C(F)(F)F. The van der Waals surface area contributed by atoms with Gasteiger partial charge in [-0.05, 0) is 26.8 Å². The molecule has 0 spiro atoms. The molecule has 0 atom stereocenters. The second-order valence-electron chi connectivity index (χ2n) is 9.11. The van der Waals surface area contributed by atoms with Crippen LogP contribution >= 0.6 is 0 Å². The van der Waals surface area contributed by atoms with E-state index in [-0.39, 0.29) is 11.2 Å². The molecule has 1 amide bonds. The number of anilines is 2. The van der Waals surface area contributed by atoms with Crippen molar-refractivity contribution in [1.29, 1.82) is 0 Å². The third-order valence-electron chi connectivity index (χ3n) is 5.20. The Hall–Kier alpha value is -3.89. The van der Waals surface area contributed by atoms with E-state index in [1.165, 1.54) is 21.6 Å². The average Bonchev–Trinajstić information content (AvgIpc) is 3.43. The van der Waals surface area contributed by atoms with Crippen molar-refractivity contribution in [2.24, 2.45) is 0 Å². The number of aliphatic carboxylic acids is 1. The molecular weight excluding hydrogens is 526 g/mol. The maximum absolute atomic E-state index is 13.5. The molecule has 3 aromatic heterocycles. The highest BCUT2D eigenvalue weighted by Crippen LogP contribution is 2.35. The van der Waals surface area contributed by atoms with Gasteiger partial charge < -0.3 is 20.6 Å². The molecule has 0 radical (unpaired) electrons. The van der Waals surface area contributed by atoms with Crippen LogP contribution in [0.5, 0.6) is 0 Å².